The maximum atomic E-state index is 6.03. The van der Waals surface area contributed by atoms with E-state index in [-0.39, 0.29) is 0 Å². The van der Waals surface area contributed by atoms with Crippen molar-refractivity contribution < 1.29 is 9.47 Å². The SMILES string of the molecule is CCCCCCCCCCCC(CCC(CCC)OC(C)C)OC. The molecule has 0 spiro atoms. The lowest BCUT2D eigenvalue weighted by Crippen LogP contribution is -2.21. The molecule has 0 saturated heterocycles. The van der Waals surface area contributed by atoms with Gasteiger partial charge in [0.1, 0.15) is 0 Å². The molecule has 0 aromatic carbocycles. The fourth-order valence-electron chi connectivity index (χ4n) is 3.42. The van der Waals surface area contributed by atoms with Crippen molar-refractivity contribution in [1.82, 2.24) is 0 Å². The topological polar surface area (TPSA) is 18.5 Å². The van der Waals surface area contributed by atoms with E-state index in [0.717, 1.165) is 12.8 Å². The van der Waals surface area contributed by atoms with Gasteiger partial charge in [-0.2, -0.15) is 0 Å². The van der Waals surface area contributed by atoms with Gasteiger partial charge in [-0.05, 0) is 39.5 Å². The van der Waals surface area contributed by atoms with Crippen LogP contribution >= 0.6 is 0 Å². The first-order valence-electron chi connectivity index (χ1n) is 10.8. The maximum Gasteiger partial charge on any atom is 0.0579 e. The molecule has 0 N–H and O–H groups in total. The summed E-state index contributed by atoms with van der Waals surface area (Å²) in [4.78, 5) is 0. The van der Waals surface area contributed by atoms with Gasteiger partial charge < -0.3 is 9.47 Å². The molecule has 0 bridgehead atoms. The molecule has 24 heavy (non-hydrogen) atoms. The van der Waals surface area contributed by atoms with Crippen LogP contribution in [0.1, 0.15) is 118 Å². The summed E-state index contributed by atoms with van der Waals surface area (Å²) >= 11 is 0. The Morgan fingerprint density at radius 1 is 0.583 bits per heavy atom. The Morgan fingerprint density at radius 3 is 1.62 bits per heavy atom. The molecule has 0 aliphatic heterocycles. The normalized spacial score (nSPS) is 14.2. The van der Waals surface area contributed by atoms with Crippen LogP contribution in [0.15, 0.2) is 0 Å². The molecule has 0 aliphatic carbocycles. The molecule has 0 heterocycles. The zero-order chi connectivity index (χ0) is 18.0. The minimum absolute atomic E-state index is 0.333. The van der Waals surface area contributed by atoms with Gasteiger partial charge in [0.25, 0.3) is 0 Å². The summed E-state index contributed by atoms with van der Waals surface area (Å²) < 4.78 is 11.7. The van der Waals surface area contributed by atoms with Crippen LogP contribution < -0.4 is 0 Å². The number of rotatable bonds is 18. The van der Waals surface area contributed by atoms with Crippen LogP contribution in [-0.4, -0.2) is 25.4 Å². The summed E-state index contributed by atoms with van der Waals surface area (Å²) in [5.74, 6) is 0. The van der Waals surface area contributed by atoms with E-state index in [0.29, 0.717) is 18.3 Å². The third-order valence-corrected chi connectivity index (χ3v) is 4.85. The molecule has 0 rings (SSSR count). The van der Waals surface area contributed by atoms with Crippen LogP contribution in [0.4, 0.5) is 0 Å². The predicted molar refractivity (Wildman–Crippen MR) is 107 cm³/mol. The Hall–Kier alpha value is -0.0800. The van der Waals surface area contributed by atoms with Crippen molar-refractivity contribution in [3.05, 3.63) is 0 Å². The number of ether oxygens (including phenoxy) is 2. The highest BCUT2D eigenvalue weighted by molar-refractivity contribution is 4.65. The Labute approximate surface area is 153 Å². The maximum absolute atomic E-state index is 6.03. The summed E-state index contributed by atoms with van der Waals surface area (Å²) in [7, 11) is 1.87. The molecule has 0 aliphatic rings. The summed E-state index contributed by atoms with van der Waals surface area (Å²) in [5.41, 5.74) is 0. The van der Waals surface area contributed by atoms with Crippen molar-refractivity contribution in [2.45, 2.75) is 136 Å². The standard InChI is InChI=1S/C22H46O2/c1-6-8-9-10-11-12-13-14-15-17-21(23-5)18-19-22(16-7-2)24-20(3)4/h20-22H,6-19H2,1-5H3. The fraction of sp³-hybridized carbons (Fsp3) is 1.00. The van der Waals surface area contributed by atoms with Crippen LogP contribution in [0.2, 0.25) is 0 Å². The minimum Gasteiger partial charge on any atom is -0.381 e. The summed E-state index contributed by atoms with van der Waals surface area (Å²) in [5, 5.41) is 0. The van der Waals surface area contributed by atoms with Gasteiger partial charge in [-0.15, -0.1) is 0 Å². The van der Waals surface area contributed by atoms with Gasteiger partial charge in [0, 0.05) is 7.11 Å². The van der Waals surface area contributed by atoms with E-state index >= 15 is 0 Å². The first-order chi connectivity index (χ1) is 11.6. The highest BCUT2D eigenvalue weighted by Gasteiger charge is 2.14. The second-order valence-electron chi connectivity index (χ2n) is 7.65. The van der Waals surface area contributed by atoms with E-state index < -0.39 is 0 Å². The van der Waals surface area contributed by atoms with Crippen LogP contribution in [0.25, 0.3) is 0 Å². The number of unbranched alkanes of at least 4 members (excludes halogenated alkanes) is 8. The quantitative estimate of drug-likeness (QED) is 0.243. The number of hydrogen-bond donors (Lipinski definition) is 0. The fourth-order valence-corrected chi connectivity index (χ4v) is 3.42. The lowest BCUT2D eigenvalue weighted by molar-refractivity contribution is -0.0137. The molecule has 0 radical (unpaired) electrons. The third kappa shape index (κ3) is 15.4. The minimum atomic E-state index is 0.333. The van der Waals surface area contributed by atoms with E-state index in [9.17, 15) is 0 Å². The highest BCUT2D eigenvalue weighted by atomic mass is 16.5. The van der Waals surface area contributed by atoms with E-state index in [2.05, 4.69) is 27.7 Å². The highest BCUT2D eigenvalue weighted by Crippen LogP contribution is 2.18. The smallest absolute Gasteiger partial charge is 0.0579 e. The molecule has 2 atom stereocenters. The zero-order valence-electron chi connectivity index (χ0n) is 17.4. The second-order valence-corrected chi connectivity index (χ2v) is 7.65. The van der Waals surface area contributed by atoms with Gasteiger partial charge in [0.2, 0.25) is 0 Å². The largest absolute Gasteiger partial charge is 0.381 e. The molecule has 0 fully saturated rings. The van der Waals surface area contributed by atoms with E-state index in [4.69, 9.17) is 9.47 Å². The number of hydrogen-bond acceptors (Lipinski definition) is 2. The molecule has 0 aromatic rings. The van der Waals surface area contributed by atoms with Crippen molar-refractivity contribution in [3.63, 3.8) is 0 Å². The van der Waals surface area contributed by atoms with Crippen molar-refractivity contribution in [1.29, 1.82) is 0 Å². The third-order valence-electron chi connectivity index (χ3n) is 4.85. The first kappa shape index (κ1) is 23.9. The molecular weight excluding hydrogens is 296 g/mol. The van der Waals surface area contributed by atoms with Crippen LogP contribution in [0.3, 0.4) is 0 Å². The van der Waals surface area contributed by atoms with E-state index in [1.54, 1.807) is 0 Å². The molecule has 0 saturated carbocycles. The number of methoxy groups -OCH3 is 1. The van der Waals surface area contributed by atoms with E-state index in [1.165, 1.54) is 77.0 Å². The van der Waals surface area contributed by atoms with Gasteiger partial charge in [-0.25, -0.2) is 0 Å². The zero-order valence-corrected chi connectivity index (χ0v) is 17.4. The summed E-state index contributed by atoms with van der Waals surface area (Å²) in [6.07, 6.45) is 19.6. The van der Waals surface area contributed by atoms with Crippen LogP contribution in [0, 0.1) is 0 Å². The molecular formula is C22H46O2. The van der Waals surface area contributed by atoms with Gasteiger partial charge in [-0.1, -0.05) is 78.1 Å². The molecule has 2 nitrogen and oxygen atoms in total. The second kappa shape index (κ2) is 17.7. The Morgan fingerprint density at radius 2 is 1.12 bits per heavy atom. The Bertz CT molecular complexity index is 240. The van der Waals surface area contributed by atoms with Gasteiger partial charge >= 0.3 is 0 Å². The van der Waals surface area contributed by atoms with Gasteiger partial charge in [0.15, 0.2) is 0 Å². The van der Waals surface area contributed by atoms with Crippen molar-refractivity contribution in [3.8, 4) is 0 Å². The van der Waals surface area contributed by atoms with Crippen LogP contribution in [0.5, 0.6) is 0 Å². The van der Waals surface area contributed by atoms with Crippen molar-refractivity contribution in [2.75, 3.05) is 7.11 Å². The molecule has 2 unspecified atom stereocenters. The molecule has 2 heteroatoms. The van der Waals surface area contributed by atoms with Gasteiger partial charge in [0.05, 0.1) is 18.3 Å². The molecule has 0 amide bonds. The van der Waals surface area contributed by atoms with Crippen molar-refractivity contribution in [2.24, 2.45) is 0 Å². The molecule has 0 aromatic heterocycles. The predicted octanol–water partition coefficient (Wildman–Crippen LogP) is 7.30. The average Bonchev–Trinajstić information content (AvgIpc) is 2.55. The lowest BCUT2D eigenvalue weighted by Gasteiger charge is -2.22. The van der Waals surface area contributed by atoms with Crippen LogP contribution in [-0.2, 0) is 9.47 Å². The first-order valence-corrected chi connectivity index (χ1v) is 10.8. The van der Waals surface area contributed by atoms with Crippen molar-refractivity contribution >= 4 is 0 Å². The van der Waals surface area contributed by atoms with Gasteiger partial charge in [-0.3, -0.25) is 0 Å². The average molecular weight is 343 g/mol. The lowest BCUT2D eigenvalue weighted by atomic mass is 10.0. The summed E-state index contributed by atoms with van der Waals surface area (Å²) in [6, 6.07) is 0. The molecule has 146 valence electrons. The summed E-state index contributed by atoms with van der Waals surface area (Å²) in [6.45, 7) is 8.80. The van der Waals surface area contributed by atoms with E-state index in [1.807, 2.05) is 7.11 Å². The monoisotopic (exact) mass is 342 g/mol. The Balaban J connectivity index is 3.67. The Kier molecular flexibility index (Phi) is 17.7.